The molecule has 0 spiro atoms. The Balaban J connectivity index is 1.47. The highest BCUT2D eigenvalue weighted by molar-refractivity contribution is 7.89. The summed E-state index contributed by atoms with van der Waals surface area (Å²) in [6.07, 6.45) is 1.74. The van der Waals surface area contributed by atoms with Gasteiger partial charge in [0.2, 0.25) is 21.8 Å². The molecule has 9 nitrogen and oxygen atoms in total. The Morgan fingerprint density at radius 2 is 1.82 bits per heavy atom. The summed E-state index contributed by atoms with van der Waals surface area (Å²) in [6, 6.07) is 11.4. The molecule has 2 heterocycles. The third-order valence-corrected chi connectivity index (χ3v) is 7.87. The molecule has 2 aliphatic heterocycles. The van der Waals surface area contributed by atoms with Gasteiger partial charge in [0.25, 0.3) is 0 Å². The maximum Gasteiger partial charge on any atom is 0.243 e. The van der Waals surface area contributed by atoms with Crippen molar-refractivity contribution in [3.05, 3.63) is 42.5 Å². The van der Waals surface area contributed by atoms with Crippen molar-refractivity contribution >= 4 is 33.2 Å². The van der Waals surface area contributed by atoms with Crippen LogP contribution in [0.1, 0.15) is 19.3 Å². The van der Waals surface area contributed by atoms with Gasteiger partial charge >= 0.3 is 0 Å². The number of hydrogen-bond acceptors (Lipinski definition) is 6. The van der Waals surface area contributed by atoms with E-state index in [1.807, 2.05) is 0 Å². The van der Waals surface area contributed by atoms with Crippen molar-refractivity contribution in [3.8, 4) is 11.5 Å². The number of benzene rings is 2. The molecule has 1 N–H and O–H groups in total. The number of rotatable bonds is 7. The summed E-state index contributed by atoms with van der Waals surface area (Å²) in [5, 5.41) is 2.77. The third-order valence-electron chi connectivity index (χ3n) is 5.98. The van der Waals surface area contributed by atoms with Crippen LogP contribution < -0.4 is 19.7 Å². The molecular formula is C23H27N3O6S. The van der Waals surface area contributed by atoms with Crippen molar-refractivity contribution in [2.75, 3.05) is 44.1 Å². The van der Waals surface area contributed by atoms with Gasteiger partial charge in [-0.1, -0.05) is 6.07 Å². The highest BCUT2D eigenvalue weighted by Crippen LogP contribution is 2.36. The van der Waals surface area contributed by atoms with Gasteiger partial charge < -0.3 is 19.7 Å². The van der Waals surface area contributed by atoms with Gasteiger partial charge in [-0.25, -0.2) is 8.42 Å². The molecule has 0 radical (unpaired) electrons. The van der Waals surface area contributed by atoms with E-state index in [4.69, 9.17) is 9.47 Å². The monoisotopic (exact) mass is 473 g/mol. The minimum Gasteiger partial charge on any atom is -0.497 e. The Kier molecular flexibility index (Phi) is 6.57. The molecule has 2 aromatic carbocycles. The maximum atomic E-state index is 12.9. The minimum atomic E-state index is -3.59. The number of nitrogens with zero attached hydrogens (tertiary/aromatic N) is 2. The Bertz CT molecular complexity index is 1160. The largest absolute Gasteiger partial charge is 0.497 e. The quantitative estimate of drug-likeness (QED) is 0.662. The normalized spacial score (nSPS) is 19.0. The highest BCUT2D eigenvalue weighted by Gasteiger charge is 2.36. The molecule has 33 heavy (non-hydrogen) atoms. The average molecular weight is 474 g/mol. The van der Waals surface area contributed by atoms with Crippen LogP contribution in [0.25, 0.3) is 0 Å². The Morgan fingerprint density at radius 1 is 1.06 bits per heavy atom. The van der Waals surface area contributed by atoms with E-state index >= 15 is 0 Å². The van der Waals surface area contributed by atoms with Crippen LogP contribution in [0.15, 0.2) is 47.4 Å². The number of hydrogen-bond donors (Lipinski definition) is 1. The SMILES string of the molecule is COc1ccc(N2C[C@@H](C(=O)Nc3cccc(S(=O)(=O)N4CCCC4)c3)CC2=O)c(OC)c1. The fraction of sp³-hybridized carbons (Fsp3) is 0.391. The predicted molar refractivity (Wildman–Crippen MR) is 123 cm³/mol. The average Bonchev–Trinajstić information content (AvgIpc) is 3.49. The summed E-state index contributed by atoms with van der Waals surface area (Å²) in [7, 11) is -0.539. The van der Waals surface area contributed by atoms with Crippen molar-refractivity contribution in [3.63, 3.8) is 0 Å². The lowest BCUT2D eigenvalue weighted by Crippen LogP contribution is -2.29. The molecule has 2 fully saturated rings. The first-order valence-electron chi connectivity index (χ1n) is 10.8. The zero-order valence-corrected chi connectivity index (χ0v) is 19.4. The molecule has 2 aliphatic rings. The summed E-state index contributed by atoms with van der Waals surface area (Å²) in [6.45, 7) is 1.21. The van der Waals surface area contributed by atoms with Crippen LogP contribution in [0.3, 0.4) is 0 Å². The van der Waals surface area contributed by atoms with Gasteiger partial charge in [-0.3, -0.25) is 9.59 Å². The predicted octanol–water partition coefficient (Wildman–Crippen LogP) is 2.48. The summed E-state index contributed by atoms with van der Waals surface area (Å²) in [4.78, 5) is 27.3. The molecule has 0 bridgehead atoms. The molecule has 0 aliphatic carbocycles. The summed E-state index contributed by atoms with van der Waals surface area (Å²) in [5.41, 5.74) is 0.950. The standard InChI is InChI=1S/C23H27N3O6S/c1-31-18-8-9-20(21(14-18)32-2)26-15-16(12-22(26)27)23(28)24-17-6-5-7-19(13-17)33(29,30)25-10-3-4-11-25/h5-9,13-14,16H,3-4,10-12,15H2,1-2H3,(H,24,28)/t16-/m0/s1. The number of carbonyl (C=O) groups is 2. The number of anilines is 2. The van der Waals surface area contributed by atoms with E-state index in [-0.39, 0.29) is 29.7 Å². The minimum absolute atomic E-state index is 0.0484. The van der Waals surface area contributed by atoms with Gasteiger partial charge in [-0.05, 0) is 43.2 Å². The van der Waals surface area contributed by atoms with Crippen molar-refractivity contribution in [1.29, 1.82) is 0 Å². The number of ether oxygens (including phenoxy) is 2. The summed E-state index contributed by atoms with van der Waals surface area (Å²) in [5.74, 6) is -0.0370. The van der Waals surface area contributed by atoms with Crippen LogP contribution >= 0.6 is 0 Å². The Hall–Kier alpha value is -3.11. The van der Waals surface area contributed by atoms with Crippen LogP contribution in [0, 0.1) is 5.92 Å². The smallest absolute Gasteiger partial charge is 0.243 e. The molecule has 2 aromatic rings. The van der Waals surface area contributed by atoms with Gasteiger partial charge in [-0.15, -0.1) is 0 Å². The van der Waals surface area contributed by atoms with Gasteiger partial charge in [0, 0.05) is 37.8 Å². The second-order valence-corrected chi connectivity index (χ2v) is 10.0. The van der Waals surface area contributed by atoms with Gasteiger partial charge in [-0.2, -0.15) is 4.31 Å². The third kappa shape index (κ3) is 4.67. The van der Waals surface area contributed by atoms with Crippen LogP contribution in [0.5, 0.6) is 11.5 Å². The molecule has 0 unspecified atom stereocenters. The molecule has 176 valence electrons. The highest BCUT2D eigenvalue weighted by atomic mass is 32.2. The molecule has 1 atom stereocenters. The van der Waals surface area contributed by atoms with Crippen molar-refractivity contribution in [1.82, 2.24) is 4.31 Å². The number of sulfonamides is 1. The van der Waals surface area contributed by atoms with E-state index in [0.717, 1.165) is 12.8 Å². The fourth-order valence-corrected chi connectivity index (χ4v) is 5.74. The van der Waals surface area contributed by atoms with E-state index in [1.54, 1.807) is 37.4 Å². The first-order valence-corrected chi connectivity index (χ1v) is 12.2. The van der Waals surface area contributed by atoms with Crippen LogP contribution in [-0.4, -0.2) is 58.4 Å². The molecule has 10 heteroatoms. The number of amides is 2. The number of carbonyl (C=O) groups excluding carboxylic acids is 2. The zero-order valence-electron chi connectivity index (χ0n) is 18.6. The van der Waals surface area contributed by atoms with Crippen molar-refractivity contribution in [2.24, 2.45) is 5.92 Å². The molecule has 0 saturated carbocycles. The lowest BCUT2D eigenvalue weighted by molar-refractivity contribution is -0.122. The topological polar surface area (TPSA) is 105 Å². The summed E-state index contributed by atoms with van der Waals surface area (Å²) >= 11 is 0. The number of methoxy groups -OCH3 is 2. The van der Waals surface area contributed by atoms with Gasteiger partial charge in [0.05, 0.1) is 30.7 Å². The van der Waals surface area contributed by atoms with E-state index in [2.05, 4.69) is 5.32 Å². The van der Waals surface area contributed by atoms with Crippen LogP contribution in [0.2, 0.25) is 0 Å². The second kappa shape index (κ2) is 9.40. The first-order chi connectivity index (χ1) is 15.8. The lowest BCUT2D eigenvalue weighted by atomic mass is 10.1. The summed E-state index contributed by atoms with van der Waals surface area (Å²) < 4.78 is 37.7. The van der Waals surface area contributed by atoms with Gasteiger partial charge in [0.1, 0.15) is 11.5 Å². The maximum absolute atomic E-state index is 12.9. The molecule has 2 saturated heterocycles. The Labute approximate surface area is 193 Å². The van der Waals surface area contributed by atoms with Crippen molar-refractivity contribution in [2.45, 2.75) is 24.2 Å². The Morgan fingerprint density at radius 3 is 2.52 bits per heavy atom. The van der Waals surface area contributed by atoms with E-state index in [9.17, 15) is 18.0 Å². The van der Waals surface area contributed by atoms with Crippen LogP contribution in [-0.2, 0) is 19.6 Å². The van der Waals surface area contributed by atoms with E-state index < -0.39 is 15.9 Å². The second-order valence-electron chi connectivity index (χ2n) is 8.07. The van der Waals surface area contributed by atoms with Crippen molar-refractivity contribution < 1.29 is 27.5 Å². The molecular weight excluding hydrogens is 446 g/mol. The first kappa shape index (κ1) is 23.1. The number of nitrogens with one attached hydrogen (secondary N) is 1. The van der Waals surface area contributed by atoms with E-state index in [1.165, 1.54) is 28.4 Å². The molecule has 4 rings (SSSR count). The molecule has 2 amide bonds. The fourth-order valence-electron chi connectivity index (χ4n) is 4.18. The lowest BCUT2D eigenvalue weighted by Gasteiger charge is -2.20. The molecule has 0 aromatic heterocycles. The van der Waals surface area contributed by atoms with E-state index in [0.29, 0.717) is 36.0 Å². The van der Waals surface area contributed by atoms with Gasteiger partial charge in [0.15, 0.2) is 0 Å². The van der Waals surface area contributed by atoms with Crippen LogP contribution in [0.4, 0.5) is 11.4 Å². The zero-order chi connectivity index (χ0) is 23.6.